The number of allylic oxidation sites excluding steroid dienone is 1. The Morgan fingerprint density at radius 1 is 1.17 bits per heavy atom. The molecule has 0 radical (unpaired) electrons. The molecule has 3 aromatic rings. The predicted octanol–water partition coefficient (Wildman–Crippen LogP) is 3.06. The molecule has 2 aromatic heterocycles. The first-order valence-corrected chi connectivity index (χ1v) is 9.45. The Balaban J connectivity index is 1.76. The first-order chi connectivity index (χ1) is 14.5. The summed E-state index contributed by atoms with van der Waals surface area (Å²) in [7, 11) is 0. The van der Waals surface area contributed by atoms with Gasteiger partial charge in [-0.1, -0.05) is 18.2 Å². The molecular formula is C22H19N3O5. The number of hydrogen-bond donors (Lipinski definition) is 2. The maximum absolute atomic E-state index is 13.0. The number of hydrogen-bond acceptors (Lipinski definition) is 6. The second-order valence-corrected chi connectivity index (χ2v) is 6.86. The first kappa shape index (κ1) is 19.4. The van der Waals surface area contributed by atoms with E-state index in [1.807, 2.05) is 41.7 Å². The van der Waals surface area contributed by atoms with Crippen LogP contribution >= 0.6 is 0 Å². The van der Waals surface area contributed by atoms with Crippen molar-refractivity contribution in [2.75, 3.05) is 6.61 Å². The van der Waals surface area contributed by atoms with Crippen LogP contribution in [0.15, 0.2) is 47.1 Å². The molecule has 0 fully saturated rings. The van der Waals surface area contributed by atoms with Crippen LogP contribution in [0.3, 0.4) is 0 Å². The van der Waals surface area contributed by atoms with E-state index in [1.165, 1.54) is 0 Å². The molecule has 1 aromatic carbocycles. The average Bonchev–Trinajstić information content (AvgIpc) is 3.23. The van der Waals surface area contributed by atoms with Crippen LogP contribution in [0.4, 0.5) is 4.79 Å². The highest BCUT2D eigenvalue weighted by molar-refractivity contribution is 6.07. The van der Waals surface area contributed by atoms with Crippen molar-refractivity contribution in [3.05, 3.63) is 65.2 Å². The molecule has 1 aliphatic rings. The highest BCUT2D eigenvalue weighted by Crippen LogP contribution is 2.36. The number of nitrogens with one attached hydrogen (secondary N) is 1. The second-order valence-electron chi connectivity index (χ2n) is 6.86. The minimum absolute atomic E-state index is 0.382. The van der Waals surface area contributed by atoms with Crippen molar-refractivity contribution in [1.29, 1.82) is 0 Å². The monoisotopic (exact) mass is 405 g/mol. The number of nitrogens with zero attached hydrogens (tertiary/aromatic N) is 1. The van der Waals surface area contributed by atoms with Gasteiger partial charge in [-0.05, 0) is 54.7 Å². The van der Waals surface area contributed by atoms with Gasteiger partial charge in [0, 0.05) is 5.39 Å². The van der Waals surface area contributed by atoms with Gasteiger partial charge in [0.05, 0.1) is 23.0 Å². The van der Waals surface area contributed by atoms with Gasteiger partial charge in [-0.15, -0.1) is 0 Å². The topological polar surface area (TPSA) is 125 Å². The fourth-order valence-corrected chi connectivity index (χ4v) is 3.63. The van der Waals surface area contributed by atoms with Gasteiger partial charge < -0.3 is 14.9 Å². The predicted molar refractivity (Wildman–Crippen MR) is 109 cm³/mol. The molecule has 0 saturated carbocycles. The third-order valence-electron chi connectivity index (χ3n) is 4.83. The largest absolute Gasteiger partial charge is 0.465 e. The van der Waals surface area contributed by atoms with E-state index in [2.05, 4.69) is 0 Å². The molecule has 3 amide bonds. The van der Waals surface area contributed by atoms with Crippen molar-refractivity contribution in [3.8, 4) is 0 Å². The fraction of sp³-hybridized carbons (Fsp3) is 0.182. The smallest absolute Gasteiger partial charge is 0.339 e. The number of para-hydroxylation sites is 1. The van der Waals surface area contributed by atoms with Crippen LogP contribution in [-0.4, -0.2) is 29.5 Å². The molecule has 4 rings (SSSR count). The summed E-state index contributed by atoms with van der Waals surface area (Å²) in [6.45, 7) is -0.609. The fourth-order valence-electron chi connectivity index (χ4n) is 3.63. The Kier molecular flexibility index (Phi) is 5.30. The number of primary amides is 1. The van der Waals surface area contributed by atoms with Crippen LogP contribution < -0.4 is 11.1 Å². The summed E-state index contributed by atoms with van der Waals surface area (Å²) in [6.07, 6.45) is 5.82. The van der Waals surface area contributed by atoms with Gasteiger partial charge in [0.25, 0.3) is 5.91 Å². The highest BCUT2D eigenvalue weighted by atomic mass is 16.5. The molecule has 0 saturated heterocycles. The lowest BCUT2D eigenvalue weighted by atomic mass is 9.86. The molecule has 152 valence electrons. The lowest BCUT2D eigenvalue weighted by Gasteiger charge is -2.22. The summed E-state index contributed by atoms with van der Waals surface area (Å²) in [5, 5.41) is 2.52. The number of rotatable bonds is 4. The molecule has 0 spiro atoms. The summed E-state index contributed by atoms with van der Waals surface area (Å²) in [4.78, 5) is 40.2. The maximum atomic E-state index is 13.0. The Hall–Kier alpha value is -3.94. The van der Waals surface area contributed by atoms with Gasteiger partial charge in [-0.3, -0.25) is 10.1 Å². The number of esters is 1. The standard InChI is InChI=1S/C22H19N3O5/c23-22(28)25-18(26)12-30-21(27)19-15-7-1-2-9-17(15)24-20-13(5-3-8-16(19)20)11-14-6-4-10-29-14/h1-2,4,6-7,9-11H,3,5,8,12H2,(H3,23,25,26,28). The number of pyridine rings is 1. The Morgan fingerprint density at radius 3 is 2.77 bits per heavy atom. The number of imide groups is 1. The molecule has 30 heavy (non-hydrogen) atoms. The van der Waals surface area contributed by atoms with E-state index in [0.29, 0.717) is 28.6 Å². The van der Waals surface area contributed by atoms with Crippen LogP contribution in [0.5, 0.6) is 0 Å². The van der Waals surface area contributed by atoms with E-state index in [0.717, 1.165) is 29.7 Å². The van der Waals surface area contributed by atoms with Crippen molar-refractivity contribution in [1.82, 2.24) is 10.3 Å². The van der Waals surface area contributed by atoms with Crippen LogP contribution in [0, 0.1) is 0 Å². The summed E-state index contributed by atoms with van der Waals surface area (Å²) < 4.78 is 10.6. The van der Waals surface area contributed by atoms with Crippen LogP contribution in [-0.2, 0) is 16.0 Å². The number of aromatic nitrogens is 1. The van der Waals surface area contributed by atoms with Crippen molar-refractivity contribution in [3.63, 3.8) is 0 Å². The van der Waals surface area contributed by atoms with E-state index in [4.69, 9.17) is 19.9 Å². The number of benzene rings is 1. The SMILES string of the molecule is NC(=O)NC(=O)COC(=O)c1c2c(nc3ccccc13)C(=Cc1ccco1)CCC2. The van der Waals surface area contributed by atoms with E-state index >= 15 is 0 Å². The molecule has 2 heterocycles. The summed E-state index contributed by atoms with van der Waals surface area (Å²) >= 11 is 0. The number of furan rings is 1. The zero-order valence-corrected chi connectivity index (χ0v) is 16.0. The van der Waals surface area contributed by atoms with Crippen molar-refractivity contribution < 1.29 is 23.5 Å². The maximum Gasteiger partial charge on any atom is 0.339 e. The van der Waals surface area contributed by atoms with E-state index in [9.17, 15) is 14.4 Å². The minimum atomic E-state index is -1.00. The van der Waals surface area contributed by atoms with Crippen LogP contribution in [0.2, 0.25) is 0 Å². The number of fused-ring (bicyclic) bond motifs is 2. The molecule has 0 bridgehead atoms. The van der Waals surface area contributed by atoms with Crippen LogP contribution in [0.1, 0.15) is 40.2 Å². The molecule has 0 aliphatic heterocycles. The lowest BCUT2D eigenvalue weighted by molar-refractivity contribution is -0.123. The molecular weight excluding hydrogens is 386 g/mol. The number of carbonyl (C=O) groups excluding carboxylic acids is 3. The molecule has 8 heteroatoms. The number of carbonyl (C=O) groups is 3. The highest BCUT2D eigenvalue weighted by Gasteiger charge is 2.26. The number of ether oxygens (including phenoxy) is 1. The number of nitrogens with two attached hydrogens (primary N) is 1. The Bertz CT molecular complexity index is 1160. The second kappa shape index (κ2) is 8.20. The van der Waals surface area contributed by atoms with Gasteiger partial charge in [0.1, 0.15) is 5.76 Å². The number of urea groups is 1. The van der Waals surface area contributed by atoms with Crippen LogP contribution in [0.25, 0.3) is 22.6 Å². The van der Waals surface area contributed by atoms with E-state index in [1.54, 1.807) is 12.3 Å². The summed E-state index contributed by atoms with van der Waals surface area (Å²) in [5.74, 6) is -0.731. The van der Waals surface area contributed by atoms with Gasteiger partial charge in [0.2, 0.25) is 0 Å². The zero-order chi connectivity index (χ0) is 21.1. The molecule has 0 unspecified atom stereocenters. The van der Waals surface area contributed by atoms with Crippen molar-refractivity contribution in [2.45, 2.75) is 19.3 Å². The van der Waals surface area contributed by atoms with E-state index in [-0.39, 0.29) is 0 Å². The van der Waals surface area contributed by atoms with Gasteiger partial charge in [-0.25, -0.2) is 14.6 Å². The third-order valence-corrected chi connectivity index (χ3v) is 4.83. The normalized spacial score (nSPS) is 14.3. The quantitative estimate of drug-likeness (QED) is 0.643. The van der Waals surface area contributed by atoms with Gasteiger partial charge in [-0.2, -0.15) is 0 Å². The summed E-state index contributed by atoms with van der Waals surface area (Å²) in [6, 6.07) is 9.94. The van der Waals surface area contributed by atoms with Gasteiger partial charge >= 0.3 is 12.0 Å². The number of amides is 3. The first-order valence-electron chi connectivity index (χ1n) is 9.45. The third kappa shape index (κ3) is 3.93. The molecule has 8 nitrogen and oxygen atoms in total. The Labute approximate surface area is 171 Å². The molecule has 0 atom stereocenters. The molecule has 1 aliphatic carbocycles. The van der Waals surface area contributed by atoms with Gasteiger partial charge in [0.15, 0.2) is 6.61 Å². The lowest BCUT2D eigenvalue weighted by Crippen LogP contribution is -2.37. The molecule has 3 N–H and O–H groups in total. The van der Waals surface area contributed by atoms with E-state index < -0.39 is 24.5 Å². The van der Waals surface area contributed by atoms with Crippen molar-refractivity contribution in [2.24, 2.45) is 5.73 Å². The zero-order valence-electron chi connectivity index (χ0n) is 16.0. The van der Waals surface area contributed by atoms with Crippen molar-refractivity contribution >= 4 is 40.5 Å². The Morgan fingerprint density at radius 2 is 2.00 bits per heavy atom. The average molecular weight is 405 g/mol. The minimum Gasteiger partial charge on any atom is -0.465 e. The summed E-state index contributed by atoms with van der Waals surface area (Å²) in [5.41, 5.74) is 8.42.